The van der Waals surface area contributed by atoms with Crippen LogP contribution in [0.15, 0.2) is 0 Å². The first kappa shape index (κ1) is 26.9. The number of carbonyl (C=O) groups excluding carboxylic acids is 1. The van der Waals surface area contributed by atoms with Crippen molar-refractivity contribution in [3.05, 3.63) is 0 Å². The maximum absolute atomic E-state index is 13.6. The largest absolute Gasteiger partial charge is 0.388 e. The zero-order valence-electron chi connectivity index (χ0n) is 20.4. The fraction of sp³-hybridized carbons (Fsp3) is 0.958. The lowest BCUT2D eigenvalue weighted by Gasteiger charge is -2.44. The van der Waals surface area contributed by atoms with Crippen molar-refractivity contribution in [1.29, 1.82) is 0 Å². The van der Waals surface area contributed by atoms with Gasteiger partial charge in [0.2, 0.25) is 5.91 Å². The minimum atomic E-state index is -1.39. The summed E-state index contributed by atoms with van der Waals surface area (Å²) in [5.41, 5.74) is -0.727. The summed E-state index contributed by atoms with van der Waals surface area (Å²) in [7, 11) is 1.96. The maximum Gasteiger partial charge on any atom is 0.240 e. The van der Waals surface area contributed by atoms with Gasteiger partial charge in [-0.15, -0.1) is 23.4 Å². The smallest absolute Gasteiger partial charge is 0.240 e. The molecule has 8 nitrogen and oxygen atoms in total. The molecule has 196 valence electrons. The number of aliphatic hydroxyl groups excluding tert-OH is 3. The second-order valence-electron chi connectivity index (χ2n) is 10.7. The standard InChI is InChI=1S/C24H41ClN2O6S/c1-12(25)16(22-19(29)18(28)20(30)24(33-22)34-3)26-23(31)17-21-15(11-27(17)2)10-14(8-9-32-21)13-6-4-5-7-13/h12-22,24,28-30H,4-11H2,1-3H3,(H,26,31)/t12-,14-,15-,16+,17-,18?,19?,20+,21+,22+,24?/m0/s1. The number of nitrogens with zero attached hydrogens (tertiary/aromatic N) is 1. The molecule has 4 fully saturated rings. The zero-order chi connectivity index (χ0) is 24.6. The molecular formula is C24H41ClN2O6S. The van der Waals surface area contributed by atoms with Crippen LogP contribution in [0.3, 0.4) is 0 Å². The highest BCUT2D eigenvalue weighted by Crippen LogP contribution is 2.42. The third-order valence-corrected chi connectivity index (χ3v) is 9.64. The van der Waals surface area contributed by atoms with Gasteiger partial charge < -0.3 is 30.1 Å². The zero-order valence-corrected chi connectivity index (χ0v) is 22.0. The van der Waals surface area contributed by atoms with E-state index in [1.54, 1.807) is 13.2 Å². The lowest BCUT2D eigenvalue weighted by Crippen LogP contribution is -2.65. The van der Waals surface area contributed by atoms with Crippen LogP contribution in [-0.2, 0) is 14.3 Å². The van der Waals surface area contributed by atoms with Gasteiger partial charge in [-0.1, -0.05) is 25.7 Å². The van der Waals surface area contributed by atoms with Crippen LogP contribution >= 0.6 is 23.4 Å². The number of hydrogen-bond acceptors (Lipinski definition) is 8. The number of halogens is 1. The van der Waals surface area contributed by atoms with Gasteiger partial charge >= 0.3 is 0 Å². The first-order valence-corrected chi connectivity index (χ1v) is 14.4. The molecule has 1 saturated carbocycles. The summed E-state index contributed by atoms with van der Waals surface area (Å²) in [6.45, 7) is 3.22. The van der Waals surface area contributed by atoms with Gasteiger partial charge in [0.05, 0.1) is 17.5 Å². The third-order valence-electron chi connectivity index (χ3n) is 8.51. The Morgan fingerprint density at radius 2 is 1.79 bits per heavy atom. The van der Waals surface area contributed by atoms with E-state index < -0.39 is 47.3 Å². The predicted octanol–water partition coefficient (Wildman–Crippen LogP) is 1.18. The number of ether oxygens (including phenoxy) is 2. The van der Waals surface area contributed by atoms with E-state index in [0.717, 1.165) is 25.3 Å². The molecule has 3 heterocycles. The Morgan fingerprint density at radius 3 is 2.44 bits per heavy atom. The molecule has 0 spiro atoms. The fourth-order valence-electron chi connectivity index (χ4n) is 6.67. The number of carbonyl (C=O) groups is 1. The summed E-state index contributed by atoms with van der Waals surface area (Å²) in [5, 5.41) is 33.6. The molecule has 0 aromatic heterocycles. The second kappa shape index (κ2) is 11.5. The van der Waals surface area contributed by atoms with Crippen LogP contribution < -0.4 is 5.32 Å². The van der Waals surface area contributed by atoms with E-state index in [9.17, 15) is 20.1 Å². The number of alkyl halides is 1. The van der Waals surface area contributed by atoms with Gasteiger partial charge in [0.25, 0.3) is 0 Å². The lowest BCUT2D eigenvalue weighted by atomic mass is 9.81. The Hall–Kier alpha value is -0.130. The summed E-state index contributed by atoms with van der Waals surface area (Å²) in [4.78, 5) is 15.6. The molecule has 4 N–H and O–H groups in total. The van der Waals surface area contributed by atoms with E-state index in [1.807, 2.05) is 7.05 Å². The van der Waals surface area contributed by atoms with Crippen molar-refractivity contribution in [3.8, 4) is 0 Å². The molecule has 1 aliphatic carbocycles. The van der Waals surface area contributed by atoms with Crippen LogP contribution in [0.2, 0.25) is 0 Å². The fourth-order valence-corrected chi connectivity index (χ4v) is 7.56. The lowest BCUT2D eigenvalue weighted by molar-refractivity contribution is -0.205. The van der Waals surface area contributed by atoms with E-state index in [1.165, 1.54) is 37.4 Å². The van der Waals surface area contributed by atoms with Gasteiger partial charge in [-0.05, 0) is 44.9 Å². The number of fused-ring (bicyclic) bond motifs is 1. The van der Waals surface area contributed by atoms with Crippen molar-refractivity contribution >= 4 is 29.3 Å². The van der Waals surface area contributed by atoms with Gasteiger partial charge in [0.15, 0.2) is 0 Å². The Balaban J connectivity index is 1.45. The molecule has 34 heavy (non-hydrogen) atoms. The van der Waals surface area contributed by atoms with Crippen LogP contribution in [0.1, 0.15) is 45.4 Å². The van der Waals surface area contributed by atoms with Gasteiger partial charge in [0, 0.05) is 19.1 Å². The number of nitrogens with one attached hydrogen (secondary N) is 1. The summed E-state index contributed by atoms with van der Waals surface area (Å²) in [6.07, 6.45) is 4.11. The topological polar surface area (TPSA) is 111 Å². The Bertz CT molecular complexity index is 696. The average molecular weight is 521 g/mol. The minimum Gasteiger partial charge on any atom is -0.388 e. The summed E-state index contributed by atoms with van der Waals surface area (Å²) in [5.74, 6) is 1.57. The van der Waals surface area contributed by atoms with Gasteiger partial charge in [0.1, 0.15) is 35.9 Å². The molecule has 0 radical (unpaired) electrons. The Labute approximate surface area is 212 Å². The molecule has 11 atom stereocenters. The molecule has 4 rings (SSSR count). The quantitative estimate of drug-likeness (QED) is 0.386. The molecule has 3 unspecified atom stereocenters. The molecule has 3 saturated heterocycles. The molecule has 0 aromatic carbocycles. The number of aliphatic hydroxyl groups is 3. The summed E-state index contributed by atoms with van der Waals surface area (Å²) < 4.78 is 12.2. The van der Waals surface area contributed by atoms with Crippen LogP contribution in [0.25, 0.3) is 0 Å². The number of likely N-dealkylation sites (tertiary alicyclic amines) is 1. The number of hydrogen-bond donors (Lipinski definition) is 4. The first-order chi connectivity index (χ1) is 16.2. The maximum atomic E-state index is 13.6. The molecule has 1 amide bonds. The highest BCUT2D eigenvalue weighted by molar-refractivity contribution is 7.99. The first-order valence-electron chi connectivity index (χ1n) is 12.7. The van der Waals surface area contributed by atoms with Crippen molar-refractivity contribution < 1.29 is 29.6 Å². The monoisotopic (exact) mass is 520 g/mol. The summed E-state index contributed by atoms with van der Waals surface area (Å²) >= 11 is 7.70. The van der Waals surface area contributed by atoms with Gasteiger partial charge in [-0.25, -0.2) is 0 Å². The number of amides is 1. The minimum absolute atomic E-state index is 0.175. The molecule has 0 aromatic rings. The van der Waals surface area contributed by atoms with E-state index >= 15 is 0 Å². The van der Waals surface area contributed by atoms with E-state index in [-0.39, 0.29) is 12.0 Å². The van der Waals surface area contributed by atoms with Gasteiger partial charge in [-0.2, -0.15) is 0 Å². The van der Waals surface area contributed by atoms with E-state index in [2.05, 4.69) is 10.2 Å². The van der Waals surface area contributed by atoms with Crippen molar-refractivity contribution in [2.24, 2.45) is 17.8 Å². The van der Waals surface area contributed by atoms with Crippen molar-refractivity contribution in [2.75, 3.05) is 26.5 Å². The molecule has 3 aliphatic heterocycles. The van der Waals surface area contributed by atoms with Crippen molar-refractivity contribution in [1.82, 2.24) is 10.2 Å². The highest BCUT2D eigenvalue weighted by Gasteiger charge is 2.51. The SMILES string of the molecule is CSC1O[C@H]([C@H](NC(=O)[C@@H]2[C@@H]3OCC[C@H](C4CCCC4)C[C@H]3CN2C)[C@H](C)Cl)C(O)C(O)[C@H]1O. The number of thioether (sulfide) groups is 1. The average Bonchev–Trinajstić information content (AvgIpc) is 3.39. The van der Waals surface area contributed by atoms with Crippen molar-refractivity contribution in [2.45, 2.75) is 98.9 Å². The number of likely N-dealkylation sites (N-methyl/N-ethyl adjacent to an activating group) is 1. The van der Waals surface area contributed by atoms with Crippen LogP contribution in [0.5, 0.6) is 0 Å². The van der Waals surface area contributed by atoms with Crippen LogP contribution in [-0.4, -0.2) is 106 Å². The Morgan fingerprint density at radius 1 is 1.09 bits per heavy atom. The molecule has 10 heteroatoms. The highest BCUT2D eigenvalue weighted by atomic mass is 35.5. The summed E-state index contributed by atoms with van der Waals surface area (Å²) in [6, 6.07) is -1.19. The molecule has 4 aliphatic rings. The van der Waals surface area contributed by atoms with Crippen molar-refractivity contribution in [3.63, 3.8) is 0 Å². The number of rotatable bonds is 6. The van der Waals surface area contributed by atoms with E-state index in [4.69, 9.17) is 21.1 Å². The third kappa shape index (κ3) is 5.42. The Kier molecular flexibility index (Phi) is 9.11. The van der Waals surface area contributed by atoms with Crippen LogP contribution in [0.4, 0.5) is 0 Å². The molecule has 0 bridgehead atoms. The van der Waals surface area contributed by atoms with E-state index in [0.29, 0.717) is 18.4 Å². The van der Waals surface area contributed by atoms with Gasteiger partial charge in [-0.3, -0.25) is 9.69 Å². The molecular weight excluding hydrogens is 480 g/mol. The second-order valence-corrected chi connectivity index (χ2v) is 12.3. The predicted molar refractivity (Wildman–Crippen MR) is 132 cm³/mol. The van der Waals surface area contributed by atoms with Crippen LogP contribution in [0, 0.1) is 17.8 Å². The normalized spacial score (nSPS) is 43.8.